The van der Waals surface area contributed by atoms with Crippen LogP contribution in [0.2, 0.25) is 0 Å². The van der Waals surface area contributed by atoms with Crippen LogP contribution in [0.25, 0.3) is 16.0 Å². The van der Waals surface area contributed by atoms with Crippen LogP contribution < -0.4 is 0 Å². The molecule has 0 atom stereocenters. The molecule has 132 valence electrons. The van der Waals surface area contributed by atoms with E-state index in [1.165, 1.54) is 38.5 Å². The van der Waals surface area contributed by atoms with Gasteiger partial charge in [-0.1, -0.05) is 80.1 Å². The second-order valence-electron chi connectivity index (χ2n) is 5.01. The van der Waals surface area contributed by atoms with Gasteiger partial charge < -0.3 is 16.0 Å². The summed E-state index contributed by atoms with van der Waals surface area (Å²) >= 11 is 0. The number of nitrogens with zero attached hydrogens (tertiary/aromatic N) is 3. The Morgan fingerprint density at radius 1 is 0.364 bits per heavy atom. The van der Waals surface area contributed by atoms with Gasteiger partial charge in [0.05, 0.1) is 0 Å². The zero-order valence-electron chi connectivity index (χ0n) is 16.3. The molecule has 0 rings (SSSR count). The van der Waals surface area contributed by atoms with Crippen LogP contribution in [0.15, 0.2) is 0 Å². The fraction of sp³-hybridized carbons (Fsp3) is 1.00. The predicted molar refractivity (Wildman–Crippen MR) is 101 cm³/mol. The largest absolute Gasteiger partial charge is 4.00 e. The Balaban J connectivity index is -0.000000108. The molecule has 3 nitrogen and oxygen atoms in total. The Hall–Kier alpha value is 0.763. The van der Waals surface area contributed by atoms with Gasteiger partial charge in [0.1, 0.15) is 0 Å². The zero-order valence-corrected chi connectivity index (χ0v) is 18.8. The van der Waals surface area contributed by atoms with Crippen molar-refractivity contribution in [2.24, 2.45) is 0 Å². The third kappa shape index (κ3) is 49.8. The first kappa shape index (κ1) is 30.6. The molecule has 0 fully saturated rings. The smallest absolute Gasteiger partial charge is 0.662 e. The van der Waals surface area contributed by atoms with Crippen LogP contribution >= 0.6 is 0 Å². The van der Waals surface area contributed by atoms with Crippen LogP contribution in [0.3, 0.4) is 0 Å². The number of hydrogen-bond donors (Lipinski definition) is 0. The molecule has 0 aliphatic rings. The topological polar surface area (TPSA) is 42.3 Å². The SMILES string of the molecule is CCC[N-]CCC.CCC[N-]CCC.CCC[N-]CCC.[Zr+4]. The first-order valence-electron chi connectivity index (χ1n) is 9.14. The molecule has 0 aromatic heterocycles. The van der Waals surface area contributed by atoms with Gasteiger partial charge in [0.15, 0.2) is 0 Å². The second kappa shape index (κ2) is 37.8. The van der Waals surface area contributed by atoms with E-state index in [-0.39, 0.29) is 26.2 Å². The van der Waals surface area contributed by atoms with Gasteiger partial charge >= 0.3 is 26.2 Å². The molecule has 0 bridgehead atoms. The van der Waals surface area contributed by atoms with E-state index < -0.39 is 0 Å². The Kier molecular flexibility index (Phi) is 52.6. The Morgan fingerprint density at radius 3 is 0.591 bits per heavy atom. The molecule has 0 unspecified atom stereocenters. The summed E-state index contributed by atoms with van der Waals surface area (Å²) in [5.41, 5.74) is 0. The Morgan fingerprint density at radius 2 is 0.500 bits per heavy atom. The van der Waals surface area contributed by atoms with Gasteiger partial charge in [-0.3, -0.25) is 0 Å². The molecular weight excluding hydrogens is 349 g/mol. The molecule has 0 N–H and O–H groups in total. The van der Waals surface area contributed by atoms with Crippen LogP contribution in [0, 0.1) is 0 Å². The molecule has 0 saturated heterocycles. The van der Waals surface area contributed by atoms with Gasteiger partial charge in [-0.25, -0.2) is 0 Å². The summed E-state index contributed by atoms with van der Waals surface area (Å²) in [5, 5.41) is 12.6. The minimum absolute atomic E-state index is 0. The molecule has 22 heavy (non-hydrogen) atoms. The van der Waals surface area contributed by atoms with Gasteiger partial charge in [0.25, 0.3) is 0 Å². The molecule has 0 amide bonds. The molecule has 0 radical (unpaired) electrons. The van der Waals surface area contributed by atoms with Crippen molar-refractivity contribution in [1.29, 1.82) is 0 Å². The summed E-state index contributed by atoms with van der Waals surface area (Å²) < 4.78 is 0. The predicted octanol–water partition coefficient (Wildman–Crippen LogP) is 6.54. The van der Waals surface area contributed by atoms with E-state index in [0.29, 0.717) is 0 Å². The van der Waals surface area contributed by atoms with E-state index >= 15 is 0 Å². The number of rotatable bonds is 12. The fourth-order valence-corrected chi connectivity index (χ4v) is 1.28. The van der Waals surface area contributed by atoms with Crippen molar-refractivity contribution in [3.8, 4) is 0 Å². The van der Waals surface area contributed by atoms with E-state index in [1.807, 2.05) is 0 Å². The molecule has 0 saturated carbocycles. The summed E-state index contributed by atoms with van der Waals surface area (Å²) in [4.78, 5) is 0. The second-order valence-corrected chi connectivity index (χ2v) is 5.01. The summed E-state index contributed by atoms with van der Waals surface area (Å²) in [6.45, 7) is 19.2. The van der Waals surface area contributed by atoms with Crippen molar-refractivity contribution < 1.29 is 26.2 Å². The van der Waals surface area contributed by atoms with Crippen molar-refractivity contribution in [3.63, 3.8) is 0 Å². The van der Waals surface area contributed by atoms with E-state index in [1.54, 1.807) is 0 Å². The molecule has 0 aliphatic heterocycles. The van der Waals surface area contributed by atoms with Crippen molar-refractivity contribution in [3.05, 3.63) is 16.0 Å². The maximum atomic E-state index is 4.21. The summed E-state index contributed by atoms with van der Waals surface area (Å²) in [6.07, 6.45) is 7.17. The molecule has 4 heteroatoms. The maximum Gasteiger partial charge on any atom is 4.00 e. The van der Waals surface area contributed by atoms with Gasteiger partial charge in [-0.2, -0.15) is 0 Å². The zero-order chi connectivity index (χ0) is 16.6. The Bertz CT molecular complexity index is 99.7. The molecule has 0 heterocycles. The van der Waals surface area contributed by atoms with Crippen LogP contribution in [0.5, 0.6) is 0 Å². The van der Waals surface area contributed by atoms with Gasteiger partial charge in [-0.15, -0.1) is 39.3 Å². The summed E-state index contributed by atoms with van der Waals surface area (Å²) in [7, 11) is 0. The average Bonchev–Trinajstić information content (AvgIpc) is 2.50. The molecule has 0 spiro atoms. The minimum atomic E-state index is 0. The third-order valence-corrected chi connectivity index (χ3v) is 2.29. The molecule has 0 aromatic carbocycles. The maximum absolute atomic E-state index is 4.21. The van der Waals surface area contributed by atoms with Gasteiger partial charge in [0, 0.05) is 0 Å². The van der Waals surface area contributed by atoms with E-state index in [4.69, 9.17) is 0 Å². The average molecular weight is 392 g/mol. The van der Waals surface area contributed by atoms with Crippen molar-refractivity contribution in [2.75, 3.05) is 39.3 Å². The van der Waals surface area contributed by atoms with E-state index in [0.717, 1.165) is 39.3 Å². The van der Waals surface area contributed by atoms with Crippen LogP contribution in [-0.4, -0.2) is 39.3 Å². The quantitative estimate of drug-likeness (QED) is 0.339. The first-order chi connectivity index (χ1) is 10.2. The van der Waals surface area contributed by atoms with Crippen molar-refractivity contribution >= 4 is 0 Å². The standard InChI is InChI=1S/3C6H14N.Zr/c3*1-3-5-7-6-4-2;/h3*3-6H2,1-2H3;/q3*-1;+4. The van der Waals surface area contributed by atoms with Crippen LogP contribution in [-0.2, 0) is 26.2 Å². The minimum Gasteiger partial charge on any atom is -0.662 e. The molecular formula is C18H42N3Zr+. The summed E-state index contributed by atoms with van der Waals surface area (Å²) in [5.74, 6) is 0. The van der Waals surface area contributed by atoms with Crippen molar-refractivity contribution in [1.82, 2.24) is 0 Å². The Labute approximate surface area is 161 Å². The number of hydrogen-bond acceptors (Lipinski definition) is 0. The van der Waals surface area contributed by atoms with E-state index in [2.05, 4.69) is 57.5 Å². The van der Waals surface area contributed by atoms with E-state index in [9.17, 15) is 0 Å². The van der Waals surface area contributed by atoms with Crippen LogP contribution in [0.4, 0.5) is 0 Å². The molecule has 0 aromatic rings. The fourth-order valence-electron chi connectivity index (χ4n) is 1.28. The summed E-state index contributed by atoms with van der Waals surface area (Å²) in [6, 6.07) is 0. The third-order valence-electron chi connectivity index (χ3n) is 2.29. The van der Waals surface area contributed by atoms with Crippen LogP contribution in [0.1, 0.15) is 80.1 Å². The van der Waals surface area contributed by atoms with Crippen molar-refractivity contribution in [2.45, 2.75) is 80.1 Å². The van der Waals surface area contributed by atoms with Gasteiger partial charge in [-0.05, 0) is 0 Å². The monoisotopic (exact) mass is 390 g/mol. The van der Waals surface area contributed by atoms with Gasteiger partial charge in [0.2, 0.25) is 0 Å². The molecule has 0 aliphatic carbocycles. The first-order valence-corrected chi connectivity index (χ1v) is 9.14. The normalized spacial score (nSPS) is 9.00.